The van der Waals surface area contributed by atoms with Crippen LogP contribution in [0.1, 0.15) is 15.9 Å². The number of methoxy groups -OCH3 is 1. The first kappa shape index (κ1) is 19.4. The number of amides is 1. The zero-order chi connectivity index (χ0) is 18.6. The number of nitrogens with one attached hydrogen (secondary N) is 1. The Morgan fingerprint density at radius 1 is 1.04 bits per heavy atom. The summed E-state index contributed by atoms with van der Waals surface area (Å²) in [5.74, 6) is -0.875. The zero-order valence-corrected chi connectivity index (χ0v) is 15.6. The van der Waals surface area contributed by atoms with Gasteiger partial charge in [-0.2, -0.15) is 0 Å². The van der Waals surface area contributed by atoms with Crippen LogP contribution in [0, 0.1) is 6.92 Å². The highest BCUT2D eigenvalue weighted by molar-refractivity contribution is 6.44. The quantitative estimate of drug-likeness (QED) is 0.578. The van der Waals surface area contributed by atoms with Crippen molar-refractivity contribution < 1.29 is 19.1 Å². The van der Waals surface area contributed by atoms with E-state index in [0.29, 0.717) is 5.75 Å². The topological polar surface area (TPSA) is 64.6 Å². The van der Waals surface area contributed by atoms with E-state index in [-0.39, 0.29) is 26.3 Å². The summed E-state index contributed by atoms with van der Waals surface area (Å²) in [6.07, 6.45) is 0. The van der Waals surface area contributed by atoms with Crippen LogP contribution in [0.3, 0.4) is 0 Å². The minimum absolute atomic E-state index is 0.217. The zero-order valence-electron chi connectivity index (χ0n) is 13.4. The summed E-state index contributed by atoms with van der Waals surface area (Å²) >= 11 is 17.7. The van der Waals surface area contributed by atoms with Gasteiger partial charge in [0.25, 0.3) is 5.91 Å². The summed E-state index contributed by atoms with van der Waals surface area (Å²) < 4.78 is 10.1. The van der Waals surface area contributed by atoms with Crippen molar-refractivity contribution in [2.24, 2.45) is 0 Å². The molecule has 0 saturated carbocycles. The molecule has 132 valence electrons. The maximum absolute atomic E-state index is 12.2. The molecule has 0 spiro atoms. The second kappa shape index (κ2) is 8.43. The summed E-state index contributed by atoms with van der Waals surface area (Å²) in [6.45, 7) is 1.34. The van der Waals surface area contributed by atoms with Crippen LogP contribution in [0.25, 0.3) is 0 Å². The Bertz CT molecular complexity index is 824. The minimum Gasteiger partial charge on any atom is -0.496 e. The van der Waals surface area contributed by atoms with Gasteiger partial charge in [0.1, 0.15) is 11.3 Å². The first-order valence-electron chi connectivity index (χ1n) is 7.08. The van der Waals surface area contributed by atoms with Crippen molar-refractivity contribution in [3.8, 4) is 5.75 Å². The lowest BCUT2D eigenvalue weighted by Crippen LogP contribution is -2.21. The molecule has 1 amide bonds. The summed E-state index contributed by atoms with van der Waals surface area (Å²) in [6, 6.07) is 7.89. The fourth-order valence-electron chi connectivity index (χ4n) is 1.99. The van der Waals surface area contributed by atoms with E-state index >= 15 is 0 Å². The molecule has 25 heavy (non-hydrogen) atoms. The van der Waals surface area contributed by atoms with E-state index in [2.05, 4.69) is 5.32 Å². The Morgan fingerprint density at radius 3 is 2.40 bits per heavy atom. The number of halogens is 3. The molecule has 0 fully saturated rings. The van der Waals surface area contributed by atoms with Crippen molar-refractivity contribution in [1.82, 2.24) is 0 Å². The van der Waals surface area contributed by atoms with E-state index in [1.54, 1.807) is 18.2 Å². The van der Waals surface area contributed by atoms with Gasteiger partial charge in [-0.1, -0.05) is 46.4 Å². The monoisotopic (exact) mass is 401 g/mol. The summed E-state index contributed by atoms with van der Waals surface area (Å²) in [4.78, 5) is 24.1. The molecule has 0 aliphatic heterocycles. The molecule has 0 heterocycles. The third-order valence-electron chi connectivity index (χ3n) is 3.19. The maximum atomic E-state index is 12.2. The van der Waals surface area contributed by atoms with Crippen LogP contribution in [-0.2, 0) is 9.53 Å². The van der Waals surface area contributed by atoms with Crippen molar-refractivity contribution in [1.29, 1.82) is 0 Å². The van der Waals surface area contributed by atoms with Crippen LogP contribution in [-0.4, -0.2) is 25.6 Å². The van der Waals surface area contributed by atoms with E-state index in [1.165, 1.54) is 19.2 Å². The Labute approximate surface area is 159 Å². The highest BCUT2D eigenvalue weighted by Gasteiger charge is 2.16. The van der Waals surface area contributed by atoms with Crippen molar-refractivity contribution in [3.05, 3.63) is 56.5 Å². The van der Waals surface area contributed by atoms with E-state index in [0.717, 1.165) is 5.56 Å². The highest BCUT2D eigenvalue weighted by Crippen LogP contribution is 2.32. The van der Waals surface area contributed by atoms with Crippen molar-refractivity contribution in [2.45, 2.75) is 6.92 Å². The van der Waals surface area contributed by atoms with Gasteiger partial charge in [-0.25, -0.2) is 4.79 Å². The van der Waals surface area contributed by atoms with Crippen LogP contribution < -0.4 is 10.1 Å². The molecule has 2 rings (SSSR count). The third-order valence-corrected chi connectivity index (χ3v) is 4.23. The predicted octanol–water partition coefficient (Wildman–Crippen LogP) is 4.76. The normalized spacial score (nSPS) is 10.3. The molecule has 0 aliphatic rings. The number of benzene rings is 2. The van der Waals surface area contributed by atoms with Gasteiger partial charge in [-0.3, -0.25) is 4.79 Å². The first-order chi connectivity index (χ1) is 11.8. The summed E-state index contributed by atoms with van der Waals surface area (Å²) in [7, 11) is 1.44. The Morgan fingerprint density at radius 2 is 1.72 bits per heavy atom. The SMILES string of the molecule is COc1ccc(C)cc1C(=O)OCC(=O)Nc1cc(Cl)c(Cl)cc1Cl. The van der Waals surface area contributed by atoms with E-state index in [1.807, 2.05) is 6.92 Å². The summed E-state index contributed by atoms with van der Waals surface area (Å²) in [5, 5.41) is 3.22. The molecular formula is C17H14Cl3NO4. The van der Waals surface area contributed by atoms with Crippen molar-refractivity contribution in [2.75, 3.05) is 19.0 Å². The molecule has 2 aromatic carbocycles. The Kier molecular flexibility index (Phi) is 6.53. The Balaban J connectivity index is 2.02. The second-order valence-electron chi connectivity index (χ2n) is 5.07. The van der Waals surface area contributed by atoms with Crippen LogP contribution in [0.4, 0.5) is 5.69 Å². The number of carbonyl (C=O) groups is 2. The van der Waals surface area contributed by atoms with E-state index < -0.39 is 18.5 Å². The number of ether oxygens (including phenoxy) is 2. The molecule has 0 bridgehead atoms. The molecule has 8 heteroatoms. The number of carbonyl (C=O) groups excluding carboxylic acids is 2. The van der Waals surface area contributed by atoms with E-state index in [9.17, 15) is 9.59 Å². The van der Waals surface area contributed by atoms with Gasteiger partial charge >= 0.3 is 5.97 Å². The Hall–Kier alpha value is -1.95. The predicted molar refractivity (Wildman–Crippen MR) is 98.1 cm³/mol. The van der Waals surface area contributed by atoms with Crippen LogP contribution in [0.2, 0.25) is 15.1 Å². The number of rotatable bonds is 5. The molecule has 2 aromatic rings. The van der Waals surface area contributed by atoms with Gasteiger partial charge in [0.15, 0.2) is 6.61 Å². The van der Waals surface area contributed by atoms with Gasteiger partial charge in [0, 0.05) is 0 Å². The first-order valence-corrected chi connectivity index (χ1v) is 8.21. The number of anilines is 1. The maximum Gasteiger partial charge on any atom is 0.342 e. The second-order valence-corrected chi connectivity index (χ2v) is 6.30. The summed E-state index contributed by atoms with van der Waals surface area (Å²) in [5.41, 5.74) is 1.37. The van der Waals surface area contributed by atoms with Crippen LogP contribution in [0.15, 0.2) is 30.3 Å². The molecule has 0 aliphatic carbocycles. The number of hydrogen-bond donors (Lipinski definition) is 1. The number of esters is 1. The average molecular weight is 403 g/mol. The average Bonchev–Trinajstić information content (AvgIpc) is 2.57. The van der Waals surface area contributed by atoms with Crippen LogP contribution >= 0.6 is 34.8 Å². The molecule has 0 radical (unpaired) electrons. The molecule has 0 atom stereocenters. The molecular weight excluding hydrogens is 389 g/mol. The van der Waals surface area contributed by atoms with Gasteiger partial charge < -0.3 is 14.8 Å². The smallest absolute Gasteiger partial charge is 0.342 e. The van der Waals surface area contributed by atoms with Gasteiger partial charge in [0.2, 0.25) is 0 Å². The lowest BCUT2D eigenvalue weighted by Gasteiger charge is -2.11. The van der Waals surface area contributed by atoms with Gasteiger partial charge in [0.05, 0.1) is 27.9 Å². The molecule has 0 aromatic heterocycles. The van der Waals surface area contributed by atoms with Crippen LogP contribution in [0.5, 0.6) is 5.75 Å². The van der Waals surface area contributed by atoms with Gasteiger partial charge in [-0.15, -0.1) is 0 Å². The van der Waals surface area contributed by atoms with Gasteiger partial charge in [-0.05, 0) is 31.2 Å². The molecule has 1 N–H and O–H groups in total. The fourth-order valence-corrected chi connectivity index (χ4v) is 2.59. The highest BCUT2D eigenvalue weighted by atomic mass is 35.5. The van der Waals surface area contributed by atoms with Crippen molar-refractivity contribution in [3.63, 3.8) is 0 Å². The lowest BCUT2D eigenvalue weighted by molar-refractivity contribution is -0.119. The molecule has 0 unspecified atom stereocenters. The lowest BCUT2D eigenvalue weighted by atomic mass is 10.1. The van der Waals surface area contributed by atoms with E-state index in [4.69, 9.17) is 44.3 Å². The molecule has 0 saturated heterocycles. The minimum atomic E-state index is -0.670. The fraction of sp³-hybridized carbons (Fsp3) is 0.176. The van der Waals surface area contributed by atoms with Crippen molar-refractivity contribution >= 4 is 52.4 Å². The largest absolute Gasteiger partial charge is 0.496 e. The number of hydrogen-bond acceptors (Lipinski definition) is 4. The standard InChI is InChI=1S/C17H14Cl3NO4/c1-9-3-4-15(24-2)10(5-9)17(23)25-8-16(22)21-14-7-12(19)11(18)6-13(14)20/h3-7H,8H2,1-2H3,(H,21,22). The number of aryl methyl sites for hydroxylation is 1. The third kappa shape index (κ3) is 5.01. The molecule has 5 nitrogen and oxygen atoms in total.